The number of hydrogen-bond acceptors (Lipinski definition) is 4. The number of imidazole rings is 2. The lowest BCUT2D eigenvalue weighted by Gasteiger charge is -2.24. The highest BCUT2D eigenvalue weighted by molar-refractivity contribution is 5.82. The Balaban J connectivity index is 1.74. The molecule has 1 aliphatic rings. The third-order valence-corrected chi connectivity index (χ3v) is 5.35. The lowest BCUT2D eigenvalue weighted by Crippen LogP contribution is -2.30. The van der Waals surface area contributed by atoms with Crippen LogP contribution in [0.1, 0.15) is 11.5 Å². The van der Waals surface area contributed by atoms with Crippen molar-refractivity contribution in [2.24, 2.45) is 4.99 Å². The quantitative estimate of drug-likeness (QED) is 0.505. The van der Waals surface area contributed by atoms with Gasteiger partial charge in [-0.1, -0.05) is 0 Å². The van der Waals surface area contributed by atoms with Gasteiger partial charge in [0.25, 0.3) is 0 Å². The maximum absolute atomic E-state index is 13.5. The molecule has 0 fully saturated rings. The summed E-state index contributed by atoms with van der Waals surface area (Å²) in [6.07, 6.45) is 5.69. The second-order valence-corrected chi connectivity index (χ2v) is 7.34. The van der Waals surface area contributed by atoms with Gasteiger partial charge in [0.2, 0.25) is 0 Å². The summed E-state index contributed by atoms with van der Waals surface area (Å²) in [6, 6.07) is 10.6. The Morgan fingerprint density at radius 3 is 2.66 bits per heavy atom. The molecule has 1 aliphatic heterocycles. The molecule has 7 heteroatoms. The van der Waals surface area contributed by atoms with Crippen LogP contribution < -0.4 is 0 Å². The van der Waals surface area contributed by atoms with Gasteiger partial charge < -0.3 is 4.57 Å². The molecule has 0 unspecified atom stereocenters. The van der Waals surface area contributed by atoms with Crippen LogP contribution in [0.5, 0.6) is 0 Å². The van der Waals surface area contributed by atoms with Crippen molar-refractivity contribution >= 4 is 11.9 Å². The number of halogens is 1. The second kappa shape index (κ2) is 6.93. The van der Waals surface area contributed by atoms with Gasteiger partial charge in [-0.25, -0.2) is 14.4 Å². The highest BCUT2D eigenvalue weighted by Gasteiger charge is 2.24. The molecule has 29 heavy (non-hydrogen) atoms. The van der Waals surface area contributed by atoms with Crippen molar-refractivity contribution in [2.75, 3.05) is 20.6 Å². The van der Waals surface area contributed by atoms with Crippen LogP contribution in [0.3, 0.4) is 0 Å². The summed E-state index contributed by atoms with van der Waals surface area (Å²) in [5.74, 6) is 0.775. The highest BCUT2D eigenvalue weighted by atomic mass is 19.1. The van der Waals surface area contributed by atoms with Crippen LogP contribution in [0, 0.1) is 5.82 Å². The summed E-state index contributed by atoms with van der Waals surface area (Å²) in [6.45, 7) is 2.61. The molecule has 4 heterocycles. The van der Waals surface area contributed by atoms with Crippen LogP contribution in [-0.2, 0) is 13.1 Å². The van der Waals surface area contributed by atoms with E-state index in [4.69, 9.17) is 4.98 Å². The Labute approximate surface area is 168 Å². The maximum atomic E-state index is 13.5. The van der Waals surface area contributed by atoms with Gasteiger partial charge in [-0.3, -0.25) is 14.3 Å². The van der Waals surface area contributed by atoms with E-state index in [-0.39, 0.29) is 5.82 Å². The Hall–Kier alpha value is -3.32. The Morgan fingerprint density at radius 2 is 1.86 bits per heavy atom. The Kier molecular flexibility index (Phi) is 4.24. The van der Waals surface area contributed by atoms with Crippen LogP contribution in [0.15, 0.2) is 53.8 Å². The molecular weight excluding hydrogens is 367 g/mol. The number of aromatic nitrogens is 4. The summed E-state index contributed by atoms with van der Waals surface area (Å²) in [5.41, 5.74) is 5.67. The second-order valence-electron chi connectivity index (χ2n) is 7.34. The Morgan fingerprint density at radius 1 is 1.07 bits per heavy atom. The standard InChI is InChI=1S/C22H21FN6/c1-24-11-18-12-25-19-8-5-16(13-29(18)19)22-21(15-3-6-17(23)7-4-15)26-20-14-27(2)9-10-28(20)22/h3-8,11-13H,9-10,14H2,1-2H3/b24-11-. The third-order valence-electron chi connectivity index (χ3n) is 5.35. The molecule has 0 spiro atoms. The summed E-state index contributed by atoms with van der Waals surface area (Å²) >= 11 is 0. The van der Waals surface area contributed by atoms with Crippen molar-refractivity contribution in [1.29, 1.82) is 0 Å². The molecule has 3 aromatic heterocycles. The molecule has 1 aromatic carbocycles. The molecule has 4 aromatic rings. The van der Waals surface area contributed by atoms with Gasteiger partial charge in [0.05, 0.1) is 29.8 Å². The molecule has 0 atom stereocenters. The van der Waals surface area contributed by atoms with E-state index in [1.165, 1.54) is 12.1 Å². The van der Waals surface area contributed by atoms with Gasteiger partial charge in [0.15, 0.2) is 0 Å². The van der Waals surface area contributed by atoms with Gasteiger partial charge in [0, 0.05) is 43.7 Å². The molecular formula is C22H21FN6. The fourth-order valence-corrected chi connectivity index (χ4v) is 3.92. The first-order valence-corrected chi connectivity index (χ1v) is 9.57. The summed E-state index contributed by atoms with van der Waals surface area (Å²) in [5, 5.41) is 0. The molecule has 0 aliphatic carbocycles. The van der Waals surface area contributed by atoms with Crippen molar-refractivity contribution in [3.8, 4) is 22.5 Å². The maximum Gasteiger partial charge on any atom is 0.137 e. The normalized spacial score (nSPS) is 14.7. The minimum absolute atomic E-state index is 0.248. The summed E-state index contributed by atoms with van der Waals surface area (Å²) < 4.78 is 17.8. The van der Waals surface area contributed by atoms with Crippen LogP contribution >= 0.6 is 0 Å². The van der Waals surface area contributed by atoms with Crippen molar-refractivity contribution in [3.05, 3.63) is 66.1 Å². The van der Waals surface area contributed by atoms with Crippen molar-refractivity contribution in [3.63, 3.8) is 0 Å². The number of rotatable bonds is 3. The average molecular weight is 388 g/mol. The number of likely N-dealkylation sites (N-methyl/N-ethyl adjacent to an activating group) is 1. The van der Waals surface area contributed by atoms with Gasteiger partial charge in [-0.15, -0.1) is 0 Å². The largest absolute Gasteiger partial charge is 0.325 e. The zero-order valence-electron chi connectivity index (χ0n) is 16.4. The third kappa shape index (κ3) is 3.03. The molecule has 0 bridgehead atoms. The number of aliphatic imine (C=N–C) groups is 1. The smallest absolute Gasteiger partial charge is 0.137 e. The minimum Gasteiger partial charge on any atom is -0.325 e. The van der Waals surface area contributed by atoms with Crippen molar-refractivity contribution in [2.45, 2.75) is 13.1 Å². The first kappa shape index (κ1) is 17.8. The predicted molar refractivity (Wildman–Crippen MR) is 112 cm³/mol. The van der Waals surface area contributed by atoms with Crippen molar-refractivity contribution in [1.82, 2.24) is 23.8 Å². The Bertz CT molecular complexity index is 1220. The molecule has 0 radical (unpaired) electrons. The molecule has 5 rings (SSSR count). The number of benzene rings is 1. The number of nitrogens with zero attached hydrogens (tertiary/aromatic N) is 6. The fraction of sp³-hybridized carbons (Fsp3) is 0.227. The molecule has 6 nitrogen and oxygen atoms in total. The van der Waals surface area contributed by atoms with Crippen LogP contribution in [0.4, 0.5) is 4.39 Å². The monoisotopic (exact) mass is 388 g/mol. The van der Waals surface area contributed by atoms with E-state index < -0.39 is 0 Å². The van der Waals surface area contributed by atoms with E-state index in [2.05, 4.69) is 38.8 Å². The van der Waals surface area contributed by atoms with E-state index >= 15 is 0 Å². The van der Waals surface area contributed by atoms with Gasteiger partial charge in [-0.2, -0.15) is 0 Å². The zero-order chi connectivity index (χ0) is 20.0. The first-order chi connectivity index (χ1) is 14.1. The lowest BCUT2D eigenvalue weighted by atomic mass is 10.1. The van der Waals surface area contributed by atoms with E-state index in [0.29, 0.717) is 0 Å². The molecule has 146 valence electrons. The first-order valence-electron chi connectivity index (χ1n) is 9.57. The van der Waals surface area contributed by atoms with Crippen LogP contribution in [0.25, 0.3) is 28.2 Å². The number of hydrogen-bond donors (Lipinski definition) is 0. The van der Waals surface area contributed by atoms with E-state index in [0.717, 1.165) is 59.3 Å². The van der Waals surface area contributed by atoms with Crippen LogP contribution in [-0.4, -0.2) is 50.7 Å². The van der Waals surface area contributed by atoms with Gasteiger partial charge in [-0.05, 0) is 43.4 Å². The van der Waals surface area contributed by atoms with Gasteiger partial charge >= 0.3 is 0 Å². The predicted octanol–water partition coefficient (Wildman–Crippen LogP) is 3.50. The molecule has 0 amide bonds. The van der Waals surface area contributed by atoms with Crippen LogP contribution in [0.2, 0.25) is 0 Å². The average Bonchev–Trinajstić information content (AvgIpc) is 3.29. The summed E-state index contributed by atoms with van der Waals surface area (Å²) in [7, 11) is 3.85. The van der Waals surface area contributed by atoms with Gasteiger partial charge in [0.1, 0.15) is 17.3 Å². The van der Waals surface area contributed by atoms with E-state index in [1.54, 1.807) is 25.4 Å². The highest BCUT2D eigenvalue weighted by Crippen LogP contribution is 2.34. The zero-order valence-corrected chi connectivity index (χ0v) is 16.4. The number of fused-ring (bicyclic) bond motifs is 2. The fourth-order valence-electron chi connectivity index (χ4n) is 3.92. The number of pyridine rings is 1. The molecule has 0 N–H and O–H groups in total. The van der Waals surface area contributed by atoms with E-state index in [9.17, 15) is 4.39 Å². The SMILES string of the molecule is C/N=C\c1cnc2ccc(-c3c(-c4ccc(F)cc4)nc4n3CCN(C)C4)cn12. The van der Waals surface area contributed by atoms with E-state index in [1.807, 2.05) is 16.7 Å². The molecule has 0 saturated carbocycles. The summed E-state index contributed by atoms with van der Waals surface area (Å²) in [4.78, 5) is 15.8. The lowest BCUT2D eigenvalue weighted by molar-refractivity contribution is 0.265. The topological polar surface area (TPSA) is 50.7 Å². The van der Waals surface area contributed by atoms with Crippen molar-refractivity contribution < 1.29 is 4.39 Å². The molecule has 0 saturated heterocycles. The minimum atomic E-state index is -0.248.